The van der Waals surface area contributed by atoms with E-state index in [0.717, 1.165) is 11.1 Å². The van der Waals surface area contributed by atoms with Gasteiger partial charge in [0.15, 0.2) is 5.41 Å². The van der Waals surface area contributed by atoms with Gasteiger partial charge in [0, 0.05) is 0 Å². The van der Waals surface area contributed by atoms with Crippen LogP contribution in [0, 0.1) is 5.41 Å². The molecule has 0 aromatic rings. The Kier molecular flexibility index (Phi) is 4.10. The number of hydrogen-bond donors (Lipinski definition) is 0. The van der Waals surface area contributed by atoms with Gasteiger partial charge in [0.1, 0.15) is 0 Å². The Hall–Kier alpha value is -1.58. The van der Waals surface area contributed by atoms with E-state index < -0.39 is 17.4 Å². The number of carbonyl (C=O) groups is 2. The molecule has 0 aromatic heterocycles. The molecule has 1 aliphatic rings. The van der Waals surface area contributed by atoms with E-state index in [1.54, 1.807) is 0 Å². The molecule has 4 nitrogen and oxygen atoms in total. The molecule has 0 saturated heterocycles. The Balaban J connectivity index is 2.97. The Morgan fingerprint density at radius 2 is 1.76 bits per heavy atom. The summed E-state index contributed by atoms with van der Waals surface area (Å²) in [7, 11) is 2.57. The zero-order valence-electron chi connectivity index (χ0n) is 10.7. The molecule has 0 heterocycles. The molecule has 0 fully saturated rings. The molecule has 1 rings (SSSR count). The van der Waals surface area contributed by atoms with Crippen LogP contribution < -0.4 is 0 Å². The van der Waals surface area contributed by atoms with Crippen LogP contribution >= 0.6 is 0 Å². The largest absolute Gasteiger partial charge is 0.468 e. The molecule has 0 N–H and O–H groups in total. The zero-order valence-corrected chi connectivity index (χ0v) is 10.7. The number of methoxy groups -OCH3 is 2. The second-order valence-electron chi connectivity index (χ2n) is 4.45. The van der Waals surface area contributed by atoms with Crippen molar-refractivity contribution in [3.8, 4) is 0 Å². The molecule has 0 atom stereocenters. The minimum absolute atomic E-state index is 0.339. The van der Waals surface area contributed by atoms with Crippen LogP contribution in [-0.2, 0) is 19.1 Å². The van der Waals surface area contributed by atoms with Gasteiger partial charge in [0.25, 0.3) is 0 Å². The lowest BCUT2D eigenvalue weighted by atomic mass is 9.84. The molecule has 0 bridgehead atoms. The molecule has 0 aromatic carbocycles. The van der Waals surface area contributed by atoms with Crippen LogP contribution in [0.4, 0.5) is 0 Å². The lowest BCUT2D eigenvalue weighted by Crippen LogP contribution is -2.39. The van der Waals surface area contributed by atoms with E-state index >= 15 is 0 Å². The van der Waals surface area contributed by atoms with Crippen LogP contribution in [-0.4, -0.2) is 26.2 Å². The van der Waals surface area contributed by atoms with Gasteiger partial charge in [-0.2, -0.15) is 0 Å². The van der Waals surface area contributed by atoms with E-state index in [2.05, 4.69) is 0 Å². The quantitative estimate of drug-likeness (QED) is 0.557. The molecular weight excluding hydrogens is 220 g/mol. The van der Waals surface area contributed by atoms with Gasteiger partial charge in [0.2, 0.25) is 0 Å². The van der Waals surface area contributed by atoms with Gasteiger partial charge in [-0.05, 0) is 26.7 Å². The molecule has 1 aliphatic carbocycles. The van der Waals surface area contributed by atoms with Gasteiger partial charge in [-0.15, -0.1) is 0 Å². The Bertz CT molecular complexity index is 370. The highest BCUT2D eigenvalue weighted by Gasteiger charge is 2.50. The lowest BCUT2D eigenvalue weighted by molar-refractivity contribution is -0.168. The molecule has 4 heteroatoms. The van der Waals surface area contributed by atoms with Crippen molar-refractivity contribution in [3.05, 3.63) is 23.3 Å². The molecule has 0 aliphatic heterocycles. The number of esters is 2. The summed E-state index contributed by atoms with van der Waals surface area (Å²) in [4.78, 5) is 23.6. The highest BCUT2D eigenvalue weighted by Crippen LogP contribution is 2.40. The minimum Gasteiger partial charge on any atom is -0.468 e. The van der Waals surface area contributed by atoms with Crippen molar-refractivity contribution >= 4 is 11.9 Å². The summed E-state index contributed by atoms with van der Waals surface area (Å²) in [6, 6.07) is 0. The van der Waals surface area contributed by atoms with E-state index in [4.69, 9.17) is 9.47 Å². The zero-order chi connectivity index (χ0) is 13.1. The summed E-state index contributed by atoms with van der Waals surface area (Å²) in [5.74, 6) is -1.06. The SMILES string of the molecule is COC(=O)C1(C(=O)OC)CC=C(C=C(C)C)C1. The molecule has 0 amide bonds. The second kappa shape index (κ2) is 5.17. The second-order valence-corrected chi connectivity index (χ2v) is 4.45. The number of rotatable bonds is 3. The van der Waals surface area contributed by atoms with Crippen molar-refractivity contribution in [2.45, 2.75) is 26.7 Å². The highest BCUT2D eigenvalue weighted by atomic mass is 16.5. The standard InChI is InChI=1S/C13H18O4/c1-9(2)7-10-5-6-13(8-10,11(14)16-3)12(15)17-4/h5,7H,6,8H2,1-4H3. The van der Waals surface area contributed by atoms with Crippen molar-refractivity contribution in [3.63, 3.8) is 0 Å². The van der Waals surface area contributed by atoms with Crippen molar-refractivity contribution in [2.75, 3.05) is 14.2 Å². The Morgan fingerprint density at radius 1 is 1.24 bits per heavy atom. The fourth-order valence-electron chi connectivity index (χ4n) is 2.06. The maximum atomic E-state index is 11.8. The predicted octanol–water partition coefficient (Wildman–Crippen LogP) is 2.01. The smallest absolute Gasteiger partial charge is 0.323 e. The van der Waals surface area contributed by atoms with Crippen LogP contribution in [0.25, 0.3) is 0 Å². The van der Waals surface area contributed by atoms with Crippen LogP contribution in [0.5, 0.6) is 0 Å². The molecule has 0 saturated carbocycles. The van der Waals surface area contributed by atoms with Crippen LogP contribution in [0.15, 0.2) is 23.3 Å². The topological polar surface area (TPSA) is 52.6 Å². The van der Waals surface area contributed by atoms with E-state index in [0.29, 0.717) is 12.8 Å². The fraction of sp³-hybridized carbons (Fsp3) is 0.538. The molecule has 0 spiro atoms. The third-order valence-electron chi connectivity index (χ3n) is 2.84. The monoisotopic (exact) mass is 238 g/mol. The van der Waals surface area contributed by atoms with Crippen molar-refractivity contribution in [1.29, 1.82) is 0 Å². The average Bonchev–Trinajstić information content (AvgIpc) is 2.71. The molecular formula is C13H18O4. The first kappa shape index (κ1) is 13.5. The van der Waals surface area contributed by atoms with E-state index in [-0.39, 0.29) is 0 Å². The number of ether oxygens (including phenoxy) is 2. The molecule has 94 valence electrons. The van der Waals surface area contributed by atoms with Crippen molar-refractivity contribution < 1.29 is 19.1 Å². The summed E-state index contributed by atoms with van der Waals surface area (Å²) in [5.41, 5.74) is 0.910. The van der Waals surface area contributed by atoms with Crippen LogP contribution in [0.1, 0.15) is 26.7 Å². The first-order valence-electron chi connectivity index (χ1n) is 5.47. The van der Waals surface area contributed by atoms with E-state index in [9.17, 15) is 9.59 Å². The summed E-state index contributed by atoms with van der Waals surface area (Å²) in [6.07, 6.45) is 4.54. The number of carbonyl (C=O) groups excluding carboxylic acids is 2. The summed E-state index contributed by atoms with van der Waals surface area (Å²) in [5, 5.41) is 0. The number of hydrogen-bond acceptors (Lipinski definition) is 4. The van der Waals surface area contributed by atoms with Crippen molar-refractivity contribution in [2.24, 2.45) is 5.41 Å². The van der Waals surface area contributed by atoms with Gasteiger partial charge in [-0.1, -0.05) is 23.3 Å². The van der Waals surface area contributed by atoms with Crippen molar-refractivity contribution in [1.82, 2.24) is 0 Å². The molecule has 17 heavy (non-hydrogen) atoms. The highest BCUT2D eigenvalue weighted by molar-refractivity contribution is 6.01. The van der Waals surface area contributed by atoms with Crippen LogP contribution in [0.3, 0.4) is 0 Å². The number of allylic oxidation sites excluding steroid dienone is 4. The summed E-state index contributed by atoms with van der Waals surface area (Å²) >= 11 is 0. The minimum atomic E-state index is -1.19. The third kappa shape index (κ3) is 2.57. The normalized spacial score (nSPS) is 17.1. The Morgan fingerprint density at radius 3 is 2.18 bits per heavy atom. The predicted molar refractivity (Wildman–Crippen MR) is 63.2 cm³/mol. The third-order valence-corrected chi connectivity index (χ3v) is 2.84. The fourth-order valence-corrected chi connectivity index (χ4v) is 2.06. The van der Waals surface area contributed by atoms with E-state index in [1.807, 2.05) is 26.0 Å². The first-order valence-corrected chi connectivity index (χ1v) is 5.47. The van der Waals surface area contributed by atoms with Gasteiger partial charge >= 0.3 is 11.9 Å². The van der Waals surface area contributed by atoms with Gasteiger partial charge in [-0.3, -0.25) is 9.59 Å². The Labute approximate surface area is 101 Å². The van der Waals surface area contributed by atoms with Crippen LogP contribution in [0.2, 0.25) is 0 Å². The van der Waals surface area contributed by atoms with Gasteiger partial charge in [0.05, 0.1) is 14.2 Å². The maximum absolute atomic E-state index is 11.8. The summed E-state index contributed by atoms with van der Waals surface area (Å²) < 4.78 is 9.44. The first-order chi connectivity index (χ1) is 7.96. The van der Waals surface area contributed by atoms with Gasteiger partial charge < -0.3 is 9.47 Å². The average molecular weight is 238 g/mol. The molecule has 0 radical (unpaired) electrons. The maximum Gasteiger partial charge on any atom is 0.323 e. The lowest BCUT2D eigenvalue weighted by Gasteiger charge is -2.22. The van der Waals surface area contributed by atoms with Gasteiger partial charge in [-0.25, -0.2) is 0 Å². The van der Waals surface area contributed by atoms with E-state index in [1.165, 1.54) is 14.2 Å². The molecule has 0 unspecified atom stereocenters. The summed E-state index contributed by atoms with van der Waals surface area (Å²) in [6.45, 7) is 3.94.